The maximum atomic E-state index is 12.8. The van der Waals surface area contributed by atoms with Crippen LogP contribution in [0.3, 0.4) is 0 Å². The average Bonchev–Trinajstić information content (AvgIpc) is 3.18. The largest absolute Gasteiger partial charge is 0.459 e. The highest BCUT2D eigenvalue weighted by molar-refractivity contribution is 7.14. The van der Waals surface area contributed by atoms with Gasteiger partial charge in [-0.1, -0.05) is 0 Å². The van der Waals surface area contributed by atoms with Gasteiger partial charge in [-0.05, 0) is 34.9 Å². The van der Waals surface area contributed by atoms with Crippen LogP contribution in [0.1, 0.15) is 26.5 Å². The molecule has 1 aliphatic rings. The van der Waals surface area contributed by atoms with E-state index in [1.807, 2.05) is 19.0 Å². The first-order valence-corrected chi connectivity index (χ1v) is 10.1. The van der Waals surface area contributed by atoms with Crippen molar-refractivity contribution in [3.63, 3.8) is 0 Å². The monoisotopic (exact) mass is 411 g/mol. The van der Waals surface area contributed by atoms with Gasteiger partial charge in [0.05, 0.1) is 12.1 Å². The topological polar surface area (TPSA) is 95.1 Å². The number of nitrogens with one attached hydrogen (secondary N) is 1. The Balaban J connectivity index is 2.01. The highest BCUT2D eigenvalue weighted by atomic mass is 32.1. The molecule has 1 N–H and O–H groups in total. The molecule has 1 saturated heterocycles. The van der Waals surface area contributed by atoms with E-state index in [2.05, 4.69) is 10.3 Å². The third-order valence-electron chi connectivity index (χ3n) is 3.87. The van der Waals surface area contributed by atoms with E-state index >= 15 is 0 Å². The predicted molar refractivity (Wildman–Crippen MR) is 108 cm³/mol. The van der Waals surface area contributed by atoms with Gasteiger partial charge in [0, 0.05) is 31.6 Å². The summed E-state index contributed by atoms with van der Waals surface area (Å²) in [5.74, 6) is -0.636. The van der Waals surface area contributed by atoms with E-state index in [0.717, 1.165) is 0 Å². The molecule has 156 valence electrons. The van der Waals surface area contributed by atoms with Crippen molar-refractivity contribution >= 4 is 34.4 Å². The number of carbonyl (C=O) groups is 3. The Labute approximate surface area is 169 Å². The van der Waals surface area contributed by atoms with E-state index in [-0.39, 0.29) is 24.9 Å². The van der Waals surface area contributed by atoms with Crippen LogP contribution in [-0.4, -0.2) is 85.1 Å². The van der Waals surface area contributed by atoms with E-state index in [9.17, 15) is 14.4 Å². The molecule has 2 heterocycles. The number of amides is 3. The summed E-state index contributed by atoms with van der Waals surface area (Å²) in [6.45, 7) is 7.47. The first kappa shape index (κ1) is 22.1. The van der Waals surface area contributed by atoms with Crippen LogP contribution in [0, 0.1) is 0 Å². The highest BCUT2D eigenvalue weighted by Crippen LogP contribution is 2.22. The number of hydrogen-bond donors (Lipinski definition) is 1. The van der Waals surface area contributed by atoms with Crippen LogP contribution in [0.2, 0.25) is 0 Å². The summed E-state index contributed by atoms with van der Waals surface area (Å²) in [7, 11) is 3.81. The second kappa shape index (κ2) is 9.33. The third-order valence-corrected chi connectivity index (χ3v) is 4.78. The van der Waals surface area contributed by atoms with E-state index in [4.69, 9.17) is 4.74 Å². The van der Waals surface area contributed by atoms with Crippen molar-refractivity contribution in [3.05, 3.63) is 11.1 Å². The number of thiazole rings is 1. The van der Waals surface area contributed by atoms with Gasteiger partial charge in [0.1, 0.15) is 12.1 Å². The van der Waals surface area contributed by atoms with Gasteiger partial charge in [-0.3, -0.25) is 14.5 Å². The number of nitrogens with zero attached hydrogens (tertiary/aromatic N) is 4. The van der Waals surface area contributed by atoms with E-state index < -0.39 is 11.6 Å². The predicted octanol–water partition coefficient (Wildman–Crippen LogP) is 0.947. The van der Waals surface area contributed by atoms with Gasteiger partial charge < -0.3 is 19.9 Å². The Morgan fingerprint density at radius 2 is 2.04 bits per heavy atom. The molecule has 1 aliphatic heterocycles. The molecule has 0 atom stereocenters. The quantitative estimate of drug-likeness (QED) is 0.640. The smallest absolute Gasteiger partial charge is 0.326 e. The lowest BCUT2D eigenvalue weighted by Crippen LogP contribution is -2.42. The molecule has 2 rings (SSSR count). The molecule has 0 saturated carbocycles. The zero-order valence-electron chi connectivity index (χ0n) is 17.2. The van der Waals surface area contributed by atoms with Crippen molar-refractivity contribution in [2.75, 3.05) is 51.7 Å². The number of hydrogen-bond acceptors (Lipinski definition) is 7. The van der Waals surface area contributed by atoms with Crippen molar-refractivity contribution in [2.45, 2.75) is 32.8 Å². The van der Waals surface area contributed by atoms with Crippen LogP contribution in [0.15, 0.2) is 5.38 Å². The van der Waals surface area contributed by atoms with Gasteiger partial charge in [-0.2, -0.15) is 0 Å². The average molecular weight is 412 g/mol. The Kier molecular flexibility index (Phi) is 7.36. The Morgan fingerprint density at radius 1 is 1.32 bits per heavy atom. The second-order valence-corrected chi connectivity index (χ2v) is 8.72. The summed E-state index contributed by atoms with van der Waals surface area (Å²) in [4.78, 5) is 46.1. The highest BCUT2D eigenvalue weighted by Gasteiger charge is 2.26. The summed E-state index contributed by atoms with van der Waals surface area (Å²) in [5.41, 5.74) is -0.0169. The molecule has 0 aromatic carbocycles. The summed E-state index contributed by atoms with van der Waals surface area (Å²) in [6, 6.07) is -0.176. The van der Waals surface area contributed by atoms with Crippen molar-refractivity contribution in [1.82, 2.24) is 20.1 Å². The molecule has 0 bridgehead atoms. The van der Waals surface area contributed by atoms with E-state index in [0.29, 0.717) is 37.0 Å². The van der Waals surface area contributed by atoms with E-state index in [1.54, 1.807) is 31.1 Å². The molecule has 0 spiro atoms. The fourth-order valence-electron chi connectivity index (χ4n) is 2.56. The molecule has 28 heavy (non-hydrogen) atoms. The van der Waals surface area contributed by atoms with Crippen molar-refractivity contribution < 1.29 is 19.1 Å². The molecular formula is C18H29N5O4S. The van der Waals surface area contributed by atoms with E-state index in [1.165, 1.54) is 16.2 Å². The number of rotatable bonds is 8. The molecule has 3 amide bonds. The SMILES string of the molecule is CN(C)CCN(CC(=O)OC(C)(C)C)C(=O)Cc1csc(N2CCNC2=O)n1. The first-order valence-electron chi connectivity index (χ1n) is 9.19. The number of urea groups is 1. The van der Waals surface area contributed by atoms with Gasteiger partial charge in [-0.15, -0.1) is 11.3 Å². The van der Waals surface area contributed by atoms with Crippen molar-refractivity contribution in [1.29, 1.82) is 0 Å². The molecule has 1 aromatic heterocycles. The van der Waals surface area contributed by atoms with Crippen LogP contribution in [0.25, 0.3) is 0 Å². The van der Waals surface area contributed by atoms with Crippen LogP contribution >= 0.6 is 11.3 Å². The molecule has 9 nitrogen and oxygen atoms in total. The zero-order chi connectivity index (χ0) is 20.9. The fourth-order valence-corrected chi connectivity index (χ4v) is 3.41. The maximum Gasteiger partial charge on any atom is 0.326 e. The molecule has 1 fully saturated rings. The summed E-state index contributed by atoms with van der Waals surface area (Å²) in [5, 5.41) is 5.07. The molecule has 0 unspecified atom stereocenters. The summed E-state index contributed by atoms with van der Waals surface area (Å²) in [6.07, 6.45) is 0.0716. The summed E-state index contributed by atoms with van der Waals surface area (Å²) >= 11 is 1.33. The van der Waals surface area contributed by atoms with Gasteiger partial charge in [0.25, 0.3) is 0 Å². The number of carbonyl (C=O) groups excluding carboxylic acids is 3. The normalized spacial score (nSPS) is 14.4. The van der Waals surface area contributed by atoms with Crippen LogP contribution in [-0.2, 0) is 20.7 Å². The van der Waals surface area contributed by atoms with Gasteiger partial charge in [0.2, 0.25) is 5.91 Å². The molecule has 0 aliphatic carbocycles. The molecule has 10 heteroatoms. The molecule has 1 aromatic rings. The molecular weight excluding hydrogens is 382 g/mol. The lowest BCUT2D eigenvalue weighted by atomic mass is 10.2. The number of anilines is 1. The Hall–Kier alpha value is -2.20. The third kappa shape index (κ3) is 6.75. The Bertz CT molecular complexity index is 713. The van der Waals surface area contributed by atoms with Gasteiger partial charge in [-0.25, -0.2) is 9.78 Å². The minimum atomic E-state index is -0.604. The first-order chi connectivity index (χ1) is 13.0. The van der Waals surface area contributed by atoms with Gasteiger partial charge >= 0.3 is 12.0 Å². The zero-order valence-corrected chi connectivity index (χ0v) is 18.0. The van der Waals surface area contributed by atoms with Crippen molar-refractivity contribution in [3.8, 4) is 0 Å². The lowest BCUT2D eigenvalue weighted by Gasteiger charge is -2.26. The minimum Gasteiger partial charge on any atom is -0.459 e. The number of esters is 1. The number of aromatic nitrogens is 1. The maximum absolute atomic E-state index is 12.8. The van der Waals surface area contributed by atoms with Crippen LogP contribution in [0.5, 0.6) is 0 Å². The molecule has 0 radical (unpaired) electrons. The van der Waals surface area contributed by atoms with Crippen molar-refractivity contribution in [2.24, 2.45) is 0 Å². The van der Waals surface area contributed by atoms with Gasteiger partial charge in [0.15, 0.2) is 5.13 Å². The van der Waals surface area contributed by atoms with Crippen LogP contribution in [0.4, 0.5) is 9.93 Å². The standard InChI is InChI=1S/C18H29N5O4S/c1-18(2,3)27-15(25)11-22(9-8-21(4)5)14(24)10-13-12-28-17(20-13)23-7-6-19-16(23)26/h12H,6-11H2,1-5H3,(H,19,26). The summed E-state index contributed by atoms with van der Waals surface area (Å²) < 4.78 is 5.35. The fraction of sp³-hybridized carbons (Fsp3) is 0.667. The second-order valence-electron chi connectivity index (χ2n) is 7.89. The van der Waals surface area contributed by atoms with Crippen LogP contribution < -0.4 is 10.2 Å². The Morgan fingerprint density at radius 3 is 2.61 bits per heavy atom. The lowest BCUT2D eigenvalue weighted by molar-refractivity contribution is -0.158. The number of likely N-dealkylation sites (N-methyl/N-ethyl adjacent to an activating group) is 1. The number of ether oxygens (including phenoxy) is 1. The minimum absolute atomic E-state index is 0.0716.